The lowest BCUT2D eigenvalue weighted by molar-refractivity contribution is 0.382. The number of hydrogen-bond acceptors (Lipinski definition) is 6. The average molecular weight is 407 g/mol. The molecule has 0 amide bonds. The first-order chi connectivity index (χ1) is 11.6. The van der Waals surface area contributed by atoms with Crippen LogP contribution in [0.1, 0.15) is 11.3 Å². The summed E-state index contributed by atoms with van der Waals surface area (Å²) in [5.41, 5.74) is 2.64. The number of halogens is 1. The molecule has 0 saturated heterocycles. The number of nitrogens with one attached hydrogen (secondary N) is 1. The highest BCUT2D eigenvalue weighted by Gasteiger charge is 2.25. The summed E-state index contributed by atoms with van der Waals surface area (Å²) in [4.78, 5) is 4.35. The molecule has 0 saturated carbocycles. The van der Waals surface area contributed by atoms with E-state index in [-0.39, 0.29) is 0 Å². The van der Waals surface area contributed by atoms with E-state index >= 15 is 0 Å². The first-order valence-corrected chi connectivity index (χ1v) is 9.21. The van der Waals surface area contributed by atoms with Crippen molar-refractivity contribution in [3.63, 3.8) is 0 Å². The Morgan fingerprint density at radius 2 is 2.04 bits per heavy atom. The highest BCUT2D eigenvalue weighted by Crippen LogP contribution is 2.22. The summed E-state index contributed by atoms with van der Waals surface area (Å²) in [5, 5.41) is 20.3. The summed E-state index contributed by atoms with van der Waals surface area (Å²) in [6.07, 6.45) is 2.12. The smallest absolute Gasteiger partial charge is 0.464 e. The minimum Gasteiger partial charge on any atom is -0.464 e. The molecule has 0 bridgehead atoms. The Labute approximate surface area is 152 Å². The van der Waals surface area contributed by atoms with Crippen LogP contribution < -0.4 is 4.72 Å². The molecule has 2 aromatic heterocycles. The third-order valence-corrected chi connectivity index (χ3v) is 4.94. The second-order valence-corrected chi connectivity index (χ2v) is 6.97. The highest BCUT2D eigenvalue weighted by molar-refractivity contribution is 9.10. The highest BCUT2D eigenvalue weighted by atomic mass is 79.9. The Bertz CT molecular complexity index is 815. The maximum Gasteiger partial charge on any atom is 0.470 e. The largest absolute Gasteiger partial charge is 0.470 e. The monoisotopic (exact) mass is 406 g/mol. The van der Waals surface area contributed by atoms with Gasteiger partial charge in [-0.2, -0.15) is 0 Å². The number of nitrogens with zero attached hydrogens (tertiary/aromatic N) is 1. The van der Waals surface area contributed by atoms with Gasteiger partial charge in [-0.15, -0.1) is 0 Å². The Morgan fingerprint density at radius 3 is 2.83 bits per heavy atom. The van der Waals surface area contributed by atoms with Gasteiger partial charge in [-0.05, 0) is 46.1 Å². The lowest BCUT2D eigenvalue weighted by atomic mass is 9.77. The summed E-state index contributed by atoms with van der Waals surface area (Å²) in [6.45, 7) is 0. The van der Waals surface area contributed by atoms with Crippen molar-refractivity contribution in [1.82, 2.24) is 9.71 Å². The van der Waals surface area contributed by atoms with E-state index in [0.29, 0.717) is 12.2 Å². The number of benzene rings is 1. The van der Waals surface area contributed by atoms with Crippen LogP contribution in [-0.4, -0.2) is 28.1 Å². The lowest BCUT2D eigenvalue weighted by Crippen LogP contribution is -2.42. The molecular weight excluding hydrogens is 391 g/mol. The van der Waals surface area contributed by atoms with E-state index in [4.69, 9.17) is 4.42 Å². The van der Waals surface area contributed by atoms with E-state index in [1.165, 1.54) is 11.9 Å². The zero-order valence-electron chi connectivity index (χ0n) is 12.7. The van der Waals surface area contributed by atoms with Crippen LogP contribution in [0, 0.1) is 0 Å². The van der Waals surface area contributed by atoms with Crippen molar-refractivity contribution in [3.8, 4) is 0 Å². The number of fused-ring (bicyclic) bond motifs is 1. The summed E-state index contributed by atoms with van der Waals surface area (Å²) < 4.78 is 9.40. The van der Waals surface area contributed by atoms with Gasteiger partial charge >= 0.3 is 7.12 Å². The van der Waals surface area contributed by atoms with E-state index in [2.05, 4.69) is 25.6 Å². The van der Waals surface area contributed by atoms with Gasteiger partial charge in [-0.1, -0.05) is 36.2 Å². The van der Waals surface area contributed by atoms with Crippen LogP contribution in [0.4, 0.5) is 0 Å². The van der Waals surface area contributed by atoms with Crippen LogP contribution in [0.5, 0.6) is 0 Å². The third kappa shape index (κ3) is 4.40. The van der Waals surface area contributed by atoms with Gasteiger partial charge in [0.15, 0.2) is 0 Å². The lowest BCUT2D eigenvalue weighted by Gasteiger charge is -2.16. The van der Waals surface area contributed by atoms with Crippen molar-refractivity contribution in [3.05, 3.63) is 64.6 Å². The Kier molecular flexibility index (Phi) is 5.96. The summed E-state index contributed by atoms with van der Waals surface area (Å²) in [7, 11) is -1.47. The molecule has 2 heterocycles. The average Bonchev–Trinajstić information content (AvgIpc) is 2.97. The third-order valence-electron chi connectivity index (χ3n) is 3.59. The van der Waals surface area contributed by atoms with Crippen molar-refractivity contribution < 1.29 is 14.5 Å². The van der Waals surface area contributed by atoms with Crippen molar-refractivity contribution in [2.24, 2.45) is 0 Å². The Hall–Kier alpha value is -1.32. The molecule has 1 unspecified atom stereocenters. The summed E-state index contributed by atoms with van der Waals surface area (Å²) >= 11 is 4.73. The summed E-state index contributed by atoms with van der Waals surface area (Å²) in [5.74, 6) is 0.109. The van der Waals surface area contributed by atoms with E-state index in [1.54, 1.807) is 6.26 Å². The zero-order chi connectivity index (χ0) is 16.9. The van der Waals surface area contributed by atoms with Crippen LogP contribution in [0.2, 0.25) is 0 Å². The minimum absolute atomic E-state index is 0.452. The summed E-state index contributed by atoms with van der Waals surface area (Å²) in [6, 6.07) is 13.4. The molecule has 24 heavy (non-hydrogen) atoms. The van der Waals surface area contributed by atoms with E-state index in [0.717, 1.165) is 26.8 Å². The predicted molar refractivity (Wildman–Crippen MR) is 100 cm³/mol. The fourth-order valence-corrected chi connectivity index (χ4v) is 3.58. The van der Waals surface area contributed by atoms with E-state index in [9.17, 15) is 10.0 Å². The maximum atomic E-state index is 9.65. The van der Waals surface area contributed by atoms with E-state index in [1.807, 2.05) is 42.5 Å². The molecule has 3 N–H and O–H groups in total. The molecule has 1 aromatic carbocycles. The molecule has 5 nitrogen and oxygen atoms in total. The first-order valence-electron chi connectivity index (χ1n) is 7.43. The van der Waals surface area contributed by atoms with Crippen molar-refractivity contribution in [2.45, 2.75) is 18.1 Å². The molecule has 3 rings (SSSR count). The topological polar surface area (TPSA) is 78.5 Å². The van der Waals surface area contributed by atoms with Crippen LogP contribution in [-0.2, 0) is 12.2 Å². The second-order valence-electron chi connectivity index (χ2n) is 5.34. The number of pyridine rings is 1. The Morgan fingerprint density at radius 1 is 1.21 bits per heavy atom. The van der Waals surface area contributed by atoms with Gasteiger partial charge in [0.25, 0.3) is 0 Å². The minimum atomic E-state index is -1.47. The molecule has 3 aromatic rings. The fourth-order valence-electron chi connectivity index (χ4n) is 2.39. The van der Waals surface area contributed by atoms with Gasteiger partial charge in [-0.3, -0.25) is 4.72 Å². The van der Waals surface area contributed by atoms with Gasteiger partial charge < -0.3 is 14.5 Å². The van der Waals surface area contributed by atoms with Gasteiger partial charge in [0.1, 0.15) is 10.2 Å². The molecule has 0 aliphatic carbocycles. The molecule has 0 aliphatic heterocycles. The Balaban J connectivity index is 1.62. The van der Waals surface area contributed by atoms with Crippen LogP contribution in [0.3, 0.4) is 0 Å². The number of rotatable bonds is 7. The molecule has 0 fully saturated rings. The van der Waals surface area contributed by atoms with Crippen molar-refractivity contribution >= 4 is 46.0 Å². The molecule has 0 aliphatic rings. The van der Waals surface area contributed by atoms with Gasteiger partial charge in [0, 0.05) is 5.39 Å². The van der Waals surface area contributed by atoms with Crippen LogP contribution in [0.15, 0.2) is 57.7 Å². The maximum absolute atomic E-state index is 9.65. The zero-order valence-corrected chi connectivity index (χ0v) is 15.1. The van der Waals surface area contributed by atoms with Crippen molar-refractivity contribution in [2.75, 3.05) is 0 Å². The number of para-hydroxylation sites is 1. The molecule has 0 radical (unpaired) electrons. The fraction of sp³-hybridized carbons (Fsp3) is 0.188. The van der Waals surface area contributed by atoms with Crippen LogP contribution in [0.25, 0.3) is 11.0 Å². The van der Waals surface area contributed by atoms with E-state index < -0.39 is 13.1 Å². The normalized spacial score (nSPS) is 12.5. The molecular formula is C16H16BBrN2O3S. The molecule has 8 heteroatoms. The SMILES string of the molecule is OB(O)C(Cc1coc2ccccc12)NSCc1cccc(Br)n1. The molecule has 0 spiro atoms. The first kappa shape index (κ1) is 17.5. The number of furan rings is 1. The predicted octanol–water partition coefficient (Wildman–Crippen LogP) is 2.95. The van der Waals surface area contributed by atoms with Crippen molar-refractivity contribution in [1.29, 1.82) is 0 Å². The van der Waals surface area contributed by atoms with Crippen LogP contribution >= 0.6 is 27.9 Å². The second kappa shape index (κ2) is 8.18. The number of hydrogen-bond donors (Lipinski definition) is 3. The quantitative estimate of drug-likeness (QED) is 0.318. The number of aromatic nitrogens is 1. The van der Waals surface area contributed by atoms with Gasteiger partial charge in [0.05, 0.1) is 23.7 Å². The standard InChI is InChI=1S/C16H16BBrN2O3S/c18-16-7-3-4-12(19-16)10-24-20-15(17(21)22)8-11-9-23-14-6-2-1-5-13(11)14/h1-7,9,15,20-22H,8,10H2. The van der Waals surface area contributed by atoms with Gasteiger partial charge in [-0.25, -0.2) is 4.98 Å². The molecule has 1 atom stereocenters. The molecule has 124 valence electrons. The van der Waals surface area contributed by atoms with Gasteiger partial charge in [0.2, 0.25) is 0 Å².